The summed E-state index contributed by atoms with van der Waals surface area (Å²) in [5, 5.41) is 16.5. The number of amides is 1. The highest BCUT2D eigenvalue weighted by Gasteiger charge is 2.16. The second kappa shape index (κ2) is 8.37. The molecule has 0 fully saturated rings. The Kier molecular flexibility index (Phi) is 5.27. The van der Waals surface area contributed by atoms with E-state index < -0.39 is 0 Å². The molecule has 0 saturated heterocycles. The van der Waals surface area contributed by atoms with Crippen molar-refractivity contribution >= 4 is 39.7 Å². The molecule has 9 heteroatoms. The Morgan fingerprint density at radius 1 is 1.13 bits per heavy atom. The minimum absolute atomic E-state index is 0.205. The van der Waals surface area contributed by atoms with E-state index in [4.69, 9.17) is 4.42 Å². The van der Waals surface area contributed by atoms with Gasteiger partial charge in [-0.2, -0.15) is 9.61 Å². The normalized spacial score (nSPS) is 11.1. The van der Waals surface area contributed by atoms with Gasteiger partial charge in [-0.3, -0.25) is 4.79 Å². The number of carbonyl (C=O) groups is 1. The highest BCUT2D eigenvalue weighted by Crippen LogP contribution is 2.28. The highest BCUT2D eigenvalue weighted by molar-refractivity contribution is 7.98. The third-order valence-electron chi connectivity index (χ3n) is 4.62. The lowest BCUT2D eigenvalue weighted by atomic mass is 10.2. The molecule has 0 atom stereocenters. The Bertz CT molecular complexity index is 1360. The largest absolute Gasteiger partial charge is 0.468 e. The number of nitrogens with zero attached hydrogens (tertiary/aromatic N) is 4. The van der Waals surface area contributed by atoms with Gasteiger partial charge in [-0.25, -0.2) is 0 Å². The van der Waals surface area contributed by atoms with Gasteiger partial charge in [0, 0.05) is 16.1 Å². The molecule has 0 spiro atoms. The van der Waals surface area contributed by atoms with Crippen molar-refractivity contribution in [1.82, 2.24) is 19.8 Å². The fraction of sp³-hybridized carbons (Fsp3) is 0.0909. The van der Waals surface area contributed by atoms with Crippen molar-refractivity contribution < 1.29 is 9.21 Å². The van der Waals surface area contributed by atoms with Gasteiger partial charge in [-0.1, -0.05) is 41.7 Å². The van der Waals surface area contributed by atoms with Crippen LogP contribution in [0, 0.1) is 6.92 Å². The van der Waals surface area contributed by atoms with E-state index in [1.54, 1.807) is 28.6 Å². The number of aromatic nitrogens is 4. The number of hydrogen-bond donors (Lipinski definition) is 1. The molecule has 3 heterocycles. The van der Waals surface area contributed by atoms with Crippen molar-refractivity contribution in [3.8, 4) is 10.6 Å². The number of fused-ring (bicyclic) bond motifs is 1. The summed E-state index contributed by atoms with van der Waals surface area (Å²) >= 11 is 3.08. The second-order valence-corrected chi connectivity index (χ2v) is 8.75. The minimum atomic E-state index is -0.205. The summed E-state index contributed by atoms with van der Waals surface area (Å²) in [6, 6.07) is 19.3. The molecule has 5 rings (SSSR count). The summed E-state index contributed by atoms with van der Waals surface area (Å²) in [4.78, 5) is 14.7. The van der Waals surface area contributed by atoms with Gasteiger partial charge in [0.1, 0.15) is 10.8 Å². The fourth-order valence-corrected chi connectivity index (χ4v) is 4.83. The van der Waals surface area contributed by atoms with Crippen molar-refractivity contribution in [3.05, 3.63) is 84.1 Å². The van der Waals surface area contributed by atoms with E-state index in [1.165, 1.54) is 11.3 Å². The van der Waals surface area contributed by atoms with Crippen LogP contribution in [0.2, 0.25) is 0 Å². The van der Waals surface area contributed by atoms with Gasteiger partial charge in [-0.15, -0.1) is 22.0 Å². The van der Waals surface area contributed by atoms with Crippen LogP contribution in [-0.2, 0) is 5.75 Å². The van der Waals surface area contributed by atoms with Crippen molar-refractivity contribution in [3.63, 3.8) is 0 Å². The first kappa shape index (κ1) is 19.5. The van der Waals surface area contributed by atoms with Gasteiger partial charge in [0.05, 0.1) is 17.6 Å². The van der Waals surface area contributed by atoms with Crippen molar-refractivity contribution in [2.24, 2.45) is 0 Å². The molecule has 0 unspecified atom stereocenters. The second-order valence-electron chi connectivity index (χ2n) is 6.74. The zero-order chi connectivity index (χ0) is 21.2. The van der Waals surface area contributed by atoms with E-state index in [2.05, 4.69) is 20.6 Å². The average molecular weight is 448 g/mol. The monoisotopic (exact) mass is 447 g/mol. The van der Waals surface area contributed by atoms with Crippen LogP contribution < -0.4 is 5.32 Å². The maximum Gasteiger partial charge on any atom is 0.259 e. The van der Waals surface area contributed by atoms with Crippen LogP contribution in [0.1, 0.15) is 21.9 Å². The Morgan fingerprint density at radius 3 is 2.84 bits per heavy atom. The van der Waals surface area contributed by atoms with Gasteiger partial charge < -0.3 is 9.73 Å². The molecule has 5 aromatic rings. The number of hydrogen-bond acceptors (Lipinski definition) is 7. The van der Waals surface area contributed by atoms with Gasteiger partial charge in [0.15, 0.2) is 5.82 Å². The van der Waals surface area contributed by atoms with Gasteiger partial charge in [0.2, 0.25) is 4.96 Å². The summed E-state index contributed by atoms with van der Waals surface area (Å²) in [6.07, 6.45) is 1.55. The first-order valence-electron chi connectivity index (χ1n) is 9.52. The van der Waals surface area contributed by atoms with E-state index in [-0.39, 0.29) is 5.91 Å². The number of rotatable bonds is 6. The predicted octanol–water partition coefficient (Wildman–Crippen LogP) is 5.30. The predicted molar refractivity (Wildman–Crippen MR) is 121 cm³/mol. The number of carbonyl (C=O) groups excluding carboxylic acids is 1. The SMILES string of the molecule is Cc1nnc2sc(-c3cccc(NC(=O)c4ccoc4CSc4ccccc4)c3)nn12. The number of thioether (sulfide) groups is 1. The molecule has 2 aromatic carbocycles. The summed E-state index contributed by atoms with van der Waals surface area (Å²) in [7, 11) is 0. The van der Waals surface area contributed by atoms with Gasteiger partial charge in [0.25, 0.3) is 5.91 Å². The Balaban J connectivity index is 1.32. The van der Waals surface area contributed by atoms with Gasteiger partial charge in [-0.05, 0) is 37.3 Å². The molecule has 0 saturated carbocycles. The van der Waals surface area contributed by atoms with Crippen LogP contribution in [-0.4, -0.2) is 25.7 Å². The summed E-state index contributed by atoms with van der Waals surface area (Å²) in [5.74, 6) is 1.75. The van der Waals surface area contributed by atoms with E-state index in [0.717, 1.165) is 26.3 Å². The molecule has 0 aliphatic heterocycles. The Morgan fingerprint density at radius 2 is 2.00 bits per heavy atom. The minimum Gasteiger partial charge on any atom is -0.468 e. The van der Waals surface area contributed by atoms with Gasteiger partial charge >= 0.3 is 0 Å². The lowest BCUT2D eigenvalue weighted by molar-refractivity contribution is 0.102. The first-order valence-corrected chi connectivity index (χ1v) is 11.3. The van der Waals surface area contributed by atoms with E-state index in [9.17, 15) is 4.79 Å². The molecule has 0 bridgehead atoms. The zero-order valence-corrected chi connectivity index (χ0v) is 18.1. The number of benzene rings is 2. The van der Waals surface area contributed by atoms with Crippen LogP contribution in [0.25, 0.3) is 15.5 Å². The van der Waals surface area contributed by atoms with Crippen LogP contribution in [0.5, 0.6) is 0 Å². The lowest BCUT2D eigenvalue weighted by Crippen LogP contribution is -2.12. The fourth-order valence-electron chi connectivity index (χ4n) is 3.08. The molecule has 154 valence electrons. The Hall–Kier alpha value is -3.43. The number of furan rings is 1. The third kappa shape index (κ3) is 4.10. The third-order valence-corrected chi connectivity index (χ3v) is 6.58. The molecule has 31 heavy (non-hydrogen) atoms. The maximum atomic E-state index is 12.9. The van der Waals surface area contributed by atoms with Crippen molar-refractivity contribution in [2.45, 2.75) is 17.6 Å². The number of anilines is 1. The lowest BCUT2D eigenvalue weighted by Gasteiger charge is -2.07. The van der Waals surface area contributed by atoms with Crippen LogP contribution in [0.3, 0.4) is 0 Å². The highest BCUT2D eigenvalue weighted by atomic mass is 32.2. The quantitative estimate of drug-likeness (QED) is 0.356. The topological polar surface area (TPSA) is 85.3 Å². The van der Waals surface area contributed by atoms with Crippen LogP contribution in [0.4, 0.5) is 5.69 Å². The molecule has 0 aliphatic carbocycles. The first-order chi connectivity index (χ1) is 15.2. The molecule has 3 aromatic heterocycles. The van der Waals surface area contributed by atoms with Crippen molar-refractivity contribution in [1.29, 1.82) is 0 Å². The molecule has 1 N–H and O–H groups in total. The summed E-state index contributed by atoms with van der Waals surface area (Å²) in [5.41, 5.74) is 2.12. The number of aryl methyl sites for hydroxylation is 1. The molecular formula is C22H17N5O2S2. The van der Waals surface area contributed by atoms with E-state index in [1.807, 2.05) is 61.5 Å². The standard InChI is InChI=1S/C22H17N5O2S2/c1-14-24-25-22-27(14)26-21(31-22)15-6-5-7-16(12-15)23-20(28)18-10-11-29-19(18)13-30-17-8-3-2-4-9-17/h2-12H,13H2,1H3,(H,23,28). The van der Waals surface area contributed by atoms with E-state index in [0.29, 0.717) is 22.8 Å². The van der Waals surface area contributed by atoms with E-state index >= 15 is 0 Å². The molecule has 0 radical (unpaired) electrons. The summed E-state index contributed by atoms with van der Waals surface area (Å²) in [6.45, 7) is 1.86. The maximum absolute atomic E-state index is 12.9. The number of nitrogens with one attached hydrogen (secondary N) is 1. The summed E-state index contributed by atoms with van der Waals surface area (Å²) < 4.78 is 7.28. The van der Waals surface area contributed by atoms with Crippen LogP contribution >= 0.6 is 23.1 Å². The molecule has 1 amide bonds. The molecule has 0 aliphatic rings. The smallest absolute Gasteiger partial charge is 0.259 e. The zero-order valence-electron chi connectivity index (χ0n) is 16.5. The molecule has 7 nitrogen and oxygen atoms in total. The van der Waals surface area contributed by atoms with Crippen LogP contribution in [0.15, 0.2) is 76.2 Å². The Labute approximate surface area is 186 Å². The molecular weight excluding hydrogens is 430 g/mol. The average Bonchev–Trinajstić information content (AvgIpc) is 3.51. The van der Waals surface area contributed by atoms with Crippen molar-refractivity contribution in [2.75, 3.05) is 5.32 Å².